The lowest BCUT2D eigenvalue weighted by molar-refractivity contribution is -0.139. The first-order chi connectivity index (χ1) is 21.3. The molecule has 5 rings (SSSR count). The van der Waals surface area contributed by atoms with Crippen molar-refractivity contribution in [2.45, 2.75) is 32.2 Å². The van der Waals surface area contributed by atoms with Crippen LogP contribution in [0.2, 0.25) is 0 Å². The van der Waals surface area contributed by atoms with Crippen LogP contribution in [0, 0.1) is 5.92 Å². The smallest absolute Gasteiger partial charge is 0.227 e. The first-order valence-electron chi connectivity index (χ1n) is 15.3. The SMILES string of the molecule is CN(C)CCCC(=O)N1CC(CC(=O)Nc2cc3cc(c2)Nc2nccc(n2)-c2cccc(c2)OCC/C=C/CN(C)C3)C1. The summed E-state index contributed by atoms with van der Waals surface area (Å²) in [6.07, 6.45) is 8.63. The number of amides is 2. The Balaban J connectivity index is 1.28. The number of likely N-dealkylation sites (N-methyl/N-ethyl adjacent to an activating group) is 1. The molecule has 2 aliphatic heterocycles. The molecule has 0 aliphatic carbocycles. The minimum absolute atomic E-state index is 0.0519. The fraction of sp³-hybridized carbons (Fsp3) is 0.412. The van der Waals surface area contributed by atoms with E-state index in [1.807, 2.05) is 61.5 Å². The van der Waals surface area contributed by atoms with Crippen molar-refractivity contribution in [3.63, 3.8) is 0 Å². The monoisotopic (exact) mass is 597 g/mol. The van der Waals surface area contributed by atoms with E-state index in [2.05, 4.69) is 50.7 Å². The summed E-state index contributed by atoms with van der Waals surface area (Å²) in [7, 11) is 6.09. The Morgan fingerprint density at radius 1 is 1.11 bits per heavy atom. The number of benzene rings is 2. The number of carbonyl (C=O) groups is 2. The quantitative estimate of drug-likeness (QED) is 0.375. The van der Waals surface area contributed by atoms with Crippen molar-refractivity contribution in [2.75, 3.05) is 64.6 Å². The van der Waals surface area contributed by atoms with Gasteiger partial charge in [-0.05, 0) is 82.5 Å². The fourth-order valence-electron chi connectivity index (χ4n) is 5.46. The Morgan fingerprint density at radius 3 is 2.82 bits per heavy atom. The van der Waals surface area contributed by atoms with E-state index >= 15 is 0 Å². The zero-order chi connectivity index (χ0) is 30.9. The molecule has 10 heteroatoms. The van der Waals surface area contributed by atoms with Crippen LogP contribution in [0.5, 0.6) is 5.75 Å². The average molecular weight is 598 g/mol. The number of nitrogens with one attached hydrogen (secondary N) is 2. The lowest BCUT2D eigenvalue weighted by Crippen LogP contribution is -2.51. The summed E-state index contributed by atoms with van der Waals surface area (Å²) in [6.45, 7) is 4.25. The van der Waals surface area contributed by atoms with Gasteiger partial charge in [-0.3, -0.25) is 14.5 Å². The molecule has 1 aromatic heterocycles. The molecule has 2 aliphatic rings. The van der Waals surface area contributed by atoms with Crippen LogP contribution in [0.4, 0.5) is 17.3 Å². The van der Waals surface area contributed by atoms with Crippen molar-refractivity contribution in [1.82, 2.24) is 24.7 Å². The van der Waals surface area contributed by atoms with E-state index in [4.69, 9.17) is 9.72 Å². The van der Waals surface area contributed by atoms with Crippen molar-refractivity contribution in [2.24, 2.45) is 5.92 Å². The number of aromatic nitrogens is 2. The molecule has 0 unspecified atom stereocenters. The van der Waals surface area contributed by atoms with Crippen molar-refractivity contribution in [3.05, 3.63) is 72.4 Å². The minimum atomic E-state index is -0.0519. The molecule has 6 bridgehead atoms. The van der Waals surface area contributed by atoms with Crippen LogP contribution in [0.1, 0.15) is 31.2 Å². The van der Waals surface area contributed by atoms with Gasteiger partial charge < -0.3 is 25.2 Å². The lowest BCUT2D eigenvalue weighted by atomic mass is 9.95. The lowest BCUT2D eigenvalue weighted by Gasteiger charge is -2.39. The van der Waals surface area contributed by atoms with E-state index in [-0.39, 0.29) is 17.7 Å². The van der Waals surface area contributed by atoms with Gasteiger partial charge in [-0.2, -0.15) is 0 Å². The first-order valence-corrected chi connectivity index (χ1v) is 15.3. The molecular formula is C34H43N7O3. The molecule has 10 nitrogen and oxygen atoms in total. The molecule has 3 heterocycles. The van der Waals surface area contributed by atoms with Crippen LogP contribution in [0.3, 0.4) is 0 Å². The van der Waals surface area contributed by atoms with Gasteiger partial charge >= 0.3 is 0 Å². The van der Waals surface area contributed by atoms with Gasteiger partial charge in [-0.25, -0.2) is 9.97 Å². The predicted octanol–water partition coefficient (Wildman–Crippen LogP) is 4.79. The fourth-order valence-corrected chi connectivity index (χ4v) is 5.46. The maximum atomic E-state index is 13.1. The van der Waals surface area contributed by atoms with Crippen LogP contribution in [0.25, 0.3) is 11.3 Å². The highest BCUT2D eigenvalue weighted by Crippen LogP contribution is 2.27. The normalized spacial score (nSPS) is 16.6. The maximum Gasteiger partial charge on any atom is 0.227 e. The maximum absolute atomic E-state index is 13.1. The number of hydrogen-bond acceptors (Lipinski definition) is 8. The van der Waals surface area contributed by atoms with Crippen molar-refractivity contribution in [3.8, 4) is 17.0 Å². The zero-order valence-electron chi connectivity index (χ0n) is 26.0. The second kappa shape index (κ2) is 14.9. The molecule has 1 saturated heterocycles. The highest BCUT2D eigenvalue weighted by atomic mass is 16.5. The Hall–Kier alpha value is -4.28. The van der Waals surface area contributed by atoms with E-state index in [0.29, 0.717) is 50.7 Å². The summed E-state index contributed by atoms with van der Waals surface area (Å²) in [6, 6.07) is 15.8. The van der Waals surface area contributed by atoms with Crippen LogP contribution >= 0.6 is 0 Å². The van der Waals surface area contributed by atoms with Gasteiger partial charge in [0.15, 0.2) is 0 Å². The Kier molecular flexibility index (Phi) is 10.6. The van der Waals surface area contributed by atoms with Gasteiger partial charge in [0, 0.05) is 68.1 Å². The molecule has 2 N–H and O–H groups in total. The third-order valence-electron chi connectivity index (χ3n) is 7.69. The van der Waals surface area contributed by atoms with Crippen molar-refractivity contribution >= 4 is 29.1 Å². The highest BCUT2D eigenvalue weighted by Gasteiger charge is 2.31. The van der Waals surface area contributed by atoms with Gasteiger partial charge in [0.1, 0.15) is 5.75 Å². The summed E-state index contributed by atoms with van der Waals surface area (Å²) < 4.78 is 5.96. The van der Waals surface area contributed by atoms with Crippen LogP contribution < -0.4 is 15.4 Å². The number of ether oxygens (including phenoxy) is 1. The average Bonchev–Trinajstić information content (AvgIpc) is 2.96. The predicted molar refractivity (Wildman–Crippen MR) is 174 cm³/mol. The van der Waals surface area contributed by atoms with Crippen molar-refractivity contribution in [1.29, 1.82) is 0 Å². The van der Waals surface area contributed by atoms with Crippen molar-refractivity contribution < 1.29 is 14.3 Å². The highest BCUT2D eigenvalue weighted by molar-refractivity contribution is 5.92. The van der Waals surface area contributed by atoms with E-state index in [0.717, 1.165) is 54.2 Å². The van der Waals surface area contributed by atoms with Gasteiger partial charge in [-0.15, -0.1) is 0 Å². The number of hydrogen-bond donors (Lipinski definition) is 2. The zero-order valence-corrected chi connectivity index (χ0v) is 26.0. The Bertz CT molecular complexity index is 1470. The minimum Gasteiger partial charge on any atom is -0.493 e. The van der Waals surface area contributed by atoms with E-state index in [1.54, 1.807) is 6.20 Å². The van der Waals surface area contributed by atoms with Crippen LogP contribution in [0.15, 0.2) is 66.9 Å². The number of carbonyl (C=O) groups excluding carboxylic acids is 2. The summed E-state index contributed by atoms with van der Waals surface area (Å²) in [4.78, 5) is 40.8. The molecule has 3 aromatic rings. The van der Waals surface area contributed by atoms with Gasteiger partial charge in [0.05, 0.1) is 12.3 Å². The molecule has 0 spiro atoms. The van der Waals surface area contributed by atoms with Gasteiger partial charge in [0.2, 0.25) is 17.8 Å². The topological polar surface area (TPSA) is 103 Å². The summed E-state index contributed by atoms with van der Waals surface area (Å²) in [5, 5.41) is 6.44. The van der Waals surface area contributed by atoms with Crippen LogP contribution in [-0.4, -0.2) is 90.4 Å². The molecule has 232 valence electrons. The van der Waals surface area contributed by atoms with Gasteiger partial charge in [-0.1, -0.05) is 24.3 Å². The molecule has 0 radical (unpaired) electrons. The number of nitrogens with zero attached hydrogens (tertiary/aromatic N) is 5. The van der Waals surface area contributed by atoms with Crippen LogP contribution in [-0.2, 0) is 16.1 Å². The van der Waals surface area contributed by atoms with E-state index in [1.165, 1.54) is 0 Å². The second-order valence-electron chi connectivity index (χ2n) is 12.0. The molecule has 2 amide bonds. The van der Waals surface area contributed by atoms with Gasteiger partial charge in [0.25, 0.3) is 0 Å². The second-order valence-corrected chi connectivity index (χ2v) is 12.0. The van der Waals surface area contributed by atoms with E-state index in [9.17, 15) is 9.59 Å². The Labute approximate surface area is 260 Å². The molecule has 0 atom stereocenters. The summed E-state index contributed by atoms with van der Waals surface area (Å²) >= 11 is 0. The molecular weight excluding hydrogens is 554 g/mol. The molecule has 2 aromatic carbocycles. The van der Waals surface area contributed by atoms with E-state index < -0.39 is 0 Å². The molecule has 1 fully saturated rings. The third-order valence-corrected chi connectivity index (χ3v) is 7.69. The third kappa shape index (κ3) is 9.11. The first kappa shape index (κ1) is 31.2. The number of likely N-dealkylation sites (tertiary alicyclic amines) is 1. The standard InChI is InChI=1S/C34H43N7O3/c1-39(2)14-8-11-33(43)41-23-26(24-41)19-32(42)36-28-17-25-18-29(21-28)37-34-35-13-12-31(38-34)27-9-7-10-30(20-27)44-16-6-4-5-15-40(3)22-25/h4-5,7,9-10,12-13,17-18,20-21,26H,6,8,11,14-16,19,22-24H2,1-3H3,(H,36,42)(H,35,37,38)/b5-4+. The largest absolute Gasteiger partial charge is 0.493 e. The molecule has 44 heavy (non-hydrogen) atoms. The summed E-state index contributed by atoms with van der Waals surface area (Å²) in [5.41, 5.74) is 4.27. The Morgan fingerprint density at radius 2 is 1.98 bits per heavy atom. The molecule has 0 saturated carbocycles. The summed E-state index contributed by atoms with van der Waals surface area (Å²) in [5.74, 6) is 1.57. The number of fused-ring (bicyclic) bond motifs is 7. The number of rotatable bonds is 7. The number of anilines is 3.